The maximum atomic E-state index is 11.9. The van der Waals surface area contributed by atoms with Gasteiger partial charge in [0.1, 0.15) is 0 Å². The van der Waals surface area contributed by atoms with Crippen LogP contribution >= 0.6 is 11.3 Å². The molecule has 5 heteroatoms. The molecule has 106 valence electrons. The molecule has 0 amide bonds. The molecule has 2 aromatic rings. The minimum atomic E-state index is -0.349. The second-order valence-corrected chi connectivity index (χ2v) is 5.31. The first-order chi connectivity index (χ1) is 9.70. The quantitative estimate of drug-likeness (QED) is 0.633. The molecule has 1 aromatic carbocycles. The number of ether oxygens (including phenoxy) is 1. The van der Waals surface area contributed by atoms with E-state index in [1.807, 2.05) is 12.1 Å². The Bertz CT molecular complexity index is 567. The van der Waals surface area contributed by atoms with Gasteiger partial charge in [-0.3, -0.25) is 0 Å². The van der Waals surface area contributed by atoms with Crippen molar-refractivity contribution >= 4 is 28.7 Å². The van der Waals surface area contributed by atoms with E-state index in [2.05, 4.69) is 16.8 Å². The Balaban J connectivity index is 2.04. The maximum Gasteiger partial charge on any atom is 0.340 e. The number of thiophene rings is 1. The van der Waals surface area contributed by atoms with Crippen LogP contribution < -0.4 is 11.1 Å². The lowest BCUT2D eigenvalue weighted by atomic mass is 10.1. The van der Waals surface area contributed by atoms with Crippen molar-refractivity contribution in [3.8, 4) is 0 Å². The average molecular weight is 290 g/mol. The maximum absolute atomic E-state index is 11.9. The van der Waals surface area contributed by atoms with Crippen molar-refractivity contribution in [1.82, 2.24) is 0 Å². The highest BCUT2D eigenvalue weighted by atomic mass is 32.1. The van der Waals surface area contributed by atoms with E-state index in [0.717, 1.165) is 18.7 Å². The number of nitrogens with one attached hydrogen (secondary N) is 1. The number of rotatable bonds is 6. The van der Waals surface area contributed by atoms with E-state index >= 15 is 0 Å². The molecular formula is C15H18N2O2S. The lowest BCUT2D eigenvalue weighted by Crippen LogP contribution is -2.12. The van der Waals surface area contributed by atoms with Crippen molar-refractivity contribution in [2.75, 3.05) is 24.2 Å². The molecular weight excluding hydrogens is 272 g/mol. The van der Waals surface area contributed by atoms with Gasteiger partial charge in [0.15, 0.2) is 0 Å². The van der Waals surface area contributed by atoms with Gasteiger partial charge in [-0.2, -0.15) is 0 Å². The number of esters is 1. The third-order valence-electron chi connectivity index (χ3n) is 2.81. The number of carbonyl (C=O) groups is 1. The van der Waals surface area contributed by atoms with Crippen LogP contribution in [0.3, 0.4) is 0 Å². The summed E-state index contributed by atoms with van der Waals surface area (Å²) in [5.74, 6) is -0.349. The molecule has 0 aliphatic heterocycles. The van der Waals surface area contributed by atoms with Crippen molar-refractivity contribution in [3.05, 3.63) is 46.2 Å². The molecule has 1 heterocycles. The van der Waals surface area contributed by atoms with E-state index in [9.17, 15) is 4.79 Å². The zero-order chi connectivity index (χ0) is 14.4. The van der Waals surface area contributed by atoms with Crippen LogP contribution in [-0.4, -0.2) is 19.1 Å². The van der Waals surface area contributed by atoms with Crippen LogP contribution in [0.4, 0.5) is 11.4 Å². The Kier molecular flexibility index (Phi) is 5.01. The summed E-state index contributed by atoms with van der Waals surface area (Å²) in [6, 6.07) is 9.37. The van der Waals surface area contributed by atoms with E-state index in [1.165, 1.54) is 4.88 Å². The Morgan fingerprint density at radius 2 is 2.25 bits per heavy atom. The van der Waals surface area contributed by atoms with Crippen molar-refractivity contribution in [1.29, 1.82) is 0 Å². The van der Waals surface area contributed by atoms with Crippen molar-refractivity contribution < 1.29 is 9.53 Å². The van der Waals surface area contributed by atoms with Gasteiger partial charge in [0.2, 0.25) is 0 Å². The highest BCUT2D eigenvalue weighted by Crippen LogP contribution is 2.20. The molecule has 0 aliphatic carbocycles. The van der Waals surface area contributed by atoms with Crippen LogP contribution in [0.25, 0.3) is 0 Å². The highest BCUT2D eigenvalue weighted by Gasteiger charge is 2.12. The minimum absolute atomic E-state index is 0.349. The summed E-state index contributed by atoms with van der Waals surface area (Å²) in [7, 11) is 0. The predicted octanol–water partition coefficient (Wildman–Crippen LogP) is 3.16. The second-order valence-electron chi connectivity index (χ2n) is 4.28. The summed E-state index contributed by atoms with van der Waals surface area (Å²) in [4.78, 5) is 13.2. The van der Waals surface area contributed by atoms with Crippen LogP contribution in [0.15, 0.2) is 35.7 Å². The average Bonchev–Trinajstić information content (AvgIpc) is 2.94. The molecule has 4 nitrogen and oxygen atoms in total. The zero-order valence-corrected chi connectivity index (χ0v) is 12.2. The van der Waals surface area contributed by atoms with E-state index < -0.39 is 0 Å². The molecule has 0 aliphatic rings. The summed E-state index contributed by atoms with van der Waals surface area (Å²) >= 11 is 1.73. The number of anilines is 2. The SMILES string of the molecule is CCOC(=O)c1cc(N)ccc1NCCc1cccs1. The lowest BCUT2D eigenvalue weighted by Gasteiger charge is -2.11. The molecule has 1 aromatic heterocycles. The molecule has 0 radical (unpaired) electrons. The van der Waals surface area contributed by atoms with Gasteiger partial charge in [-0.1, -0.05) is 6.07 Å². The van der Waals surface area contributed by atoms with Gasteiger partial charge in [0, 0.05) is 22.8 Å². The third kappa shape index (κ3) is 3.74. The standard InChI is InChI=1S/C15H18N2O2S/c1-2-19-15(18)13-10-11(16)5-6-14(13)17-8-7-12-4-3-9-20-12/h3-6,9-10,17H,2,7-8,16H2,1H3. The van der Waals surface area contributed by atoms with Crippen molar-refractivity contribution in [2.24, 2.45) is 0 Å². The van der Waals surface area contributed by atoms with Gasteiger partial charge in [-0.15, -0.1) is 11.3 Å². The van der Waals surface area contributed by atoms with Gasteiger partial charge in [0.25, 0.3) is 0 Å². The first-order valence-electron chi connectivity index (χ1n) is 6.53. The van der Waals surface area contributed by atoms with Gasteiger partial charge < -0.3 is 15.8 Å². The topological polar surface area (TPSA) is 64.3 Å². The molecule has 0 saturated heterocycles. The number of hydrogen-bond acceptors (Lipinski definition) is 5. The summed E-state index contributed by atoms with van der Waals surface area (Å²) in [6.45, 7) is 2.90. The smallest absolute Gasteiger partial charge is 0.340 e. The Labute approximate surface area is 122 Å². The largest absolute Gasteiger partial charge is 0.462 e. The molecule has 2 rings (SSSR count). The van der Waals surface area contributed by atoms with Crippen LogP contribution in [0.1, 0.15) is 22.2 Å². The first kappa shape index (κ1) is 14.4. The summed E-state index contributed by atoms with van der Waals surface area (Å²) in [5, 5.41) is 5.33. The third-order valence-corrected chi connectivity index (χ3v) is 3.74. The molecule has 20 heavy (non-hydrogen) atoms. The van der Waals surface area contributed by atoms with E-state index in [-0.39, 0.29) is 5.97 Å². The second kappa shape index (κ2) is 6.96. The molecule has 0 spiro atoms. The van der Waals surface area contributed by atoms with Gasteiger partial charge >= 0.3 is 5.97 Å². The Morgan fingerprint density at radius 3 is 2.95 bits per heavy atom. The van der Waals surface area contributed by atoms with E-state index in [0.29, 0.717) is 17.9 Å². The van der Waals surface area contributed by atoms with Gasteiger partial charge in [-0.05, 0) is 43.0 Å². The molecule has 0 fully saturated rings. The fourth-order valence-electron chi connectivity index (χ4n) is 1.87. The fourth-order valence-corrected chi connectivity index (χ4v) is 2.58. The minimum Gasteiger partial charge on any atom is -0.462 e. The lowest BCUT2D eigenvalue weighted by molar-refractivity contribution is 0.0527. The van der Waals surface area contributed by atoms with E-state index in [1.54, 1.807) is 30.4 Å². The predicted molar refractivity (Wildman–Crippen MR) is 83.3 cm³/mol. The molecule has 0 saturated carbocycles. The van der Waals surface area contributed by atoms with Crippen LogP contribution in [0, 0.1) is 0 Å². The summed E-state index contributed by atoms with van der Waals surface area (Å²) < 4.78 is 5.04. The number of nitrogen functional groups attached to an aromatic ring is 1. The number of carbonyl (C=O) groups excluding carboxylic acids is 1. The monoisotopic (exact) mass is 290 g/mol. The van der Waals surface area contributed by atoms with Crippen molar-refractivity contribution in [3.63, 3.8) is 0 Å². The zero-order valence-electron chi connectivity index (χ0n) is 11.4. The molecule has 0 bridgehead atoms. The van der Waals surface area contributed by atoms with Crippen molar-refractivity contribution in [2.45, 2.75) is 13.3 Å². The normalized spacial score (nSPS) is 10.2. The number of hydrogen-bond donors (Lipinski definition) is 2. The number of nitrogens with two attached hydrogens (primary N) is 1. The van der Waals surface area contributed by atoms with Crippen LogP contribution in [-0.2, 0) is 11.2 Å². The van der Waals surface area contributed by atoms with E-state index in [4.69, 9.17) is 10.5 Å². The summed E-state index contributed by atoms with van der Waals surface area (Å²) in [5.41, 5.74) is 7.53. The van der Waals surface area contributed by atoms with Gasteiger partial charge in [-0.25, -0.2) is 4.79 Å². The highest BCUT2D eigenvalue weighted by molar-refractivity contribution is 7.09. The molecule has 0 unspecified atom stereocenters. The van der Waals surface area contributed by atoms with Crippen LogP contribution in [0.5, 0.6) is 0 Å². The fraction of sp³-hybridized carbons (Fsp3) is 0.267. The number of benzene rings is 1. The molecule has 3 N–H and O–H groups in total. The Morgan fingerprint density at radius 1 is 1.40 bits per heavy atom. The van der Waals surface area contributed by atoms with Crippen LogP contribution in [0.2, 0.25) is 0 Å². The summed E-state index contributed by atoms with van der Waals surface area (Å²) in [6.07, 6.45) is 0.921. The molecule has 0 atom stereocenters. The van der Waals surface area contributed by atoms with Gasteiger partial charge in [0.05, 0.1) is 12.2 Å². The first-order valence-corrected chi connectivity index (χ1v) is 7.41. The Hall–Kier alpha value is -2.01.